The van der Waals surface area contributed by atoms with Crippen molar-refractivity contribution in [3.05, 3.63) is 59.7 Å². The number of aliphatic hydroxyl groups excluding tert-OH is 2. The number of Topliss-reactive ketones (excluding diaryl/α,β-unsaturated/α-hetero) is 1. The van der Waals surface area contributed by atoms with Gasteiger partial charge in [-0.15, -0.1) is 0 Å². The van der Waals surface area contributed by atoms with Crippen LogP contribution in [0.15, 0.2) is 48.6 Å². The second-order valence-electron chi connectivity index (χ2n) is 9.06. The van der Waals surface area contributed by atoms with Crippen LogP contribution in [0, 0.1) is 11.8 Å². The van der Waals surface area contributed by atoms with Crippen molar-refractivity contribution in [2.24, 2.45) is 11.8 Å². The average Bonchev–Trinajstić information content (AvgIpc) is 3.01. The van der Waals surface area contributed by atoms with E-state index < -0.39 is 18.2 Å². The lowest BCUT2D eigenvalue weighted by atomic mass is 9.90. The smallest absolute Gasteiger partial charge is 0.303 e. The molecule has 1 aromatic rings. The molecule has 0 spiro atoms. The van der Waals surface area contributed by atoms with Crippen LogP contribution in [0.5, 0.6) is 0 Å². The number of carboxylic acids is 1. The molecule has 2 rings (SSSR count). The van der Waals surface area contributed by atoms with Gasteiger partial charge >= 0.3 is 5.97 Å². The monoisotopic (exact) mass is 458 g/mol. The Balaban J connectivity index is 1.88. The van der Waals surface area contributed by atoms with Crippen molar-refractivity contribution in [2.45, 2.75) is 77.1 Å². The van der Waals surface area contributed by atoms with Gasteiger partial charge < -0.3 is 20.1 Å². The van der Waals surface area contributed by atoms with Crippen LogP contribution in [0.4, 0.5) is 0 Å². The maximum atomic E-state index is 12.3. The number of hydrogen-bond acceptors (Lipinski definition) is 5. The minimum atomic E-state index is -0.812. The molecule has 1 aliphatic rings. The van der Waals surface area contributed by atoms with E-state index in [1.54, 1.807) is 12.2 Å². The minimum absolute atomic E-state index is 0.0261. The highest BCUT2D eigenvalue weighted by Gasteiger charge is 2.39. The number of carboxylic acid groups (broad SMARTS) is 1. The lowest BCUT2D eigenvalue weighted by Crippen LogP contribution is -2.19. The number of ketones is 1. The third-order valence-corrected chi connectivity index (χ3v) is 5.88. The van der Waals surface area contributed by atoms with Gasteiger partial charge in [0.1, 0.15) is 5.78 Å². The van der Waals surface area contributed by atoms with Gasteiger partial charge in [0.25, 0.3) is 0 Å². The minimum Gasteiger partial charge on any atom is -0.481 e. The first-order valence-electron chi connectivity index (χ1n) is 11.9. The van der Waals surface area contributed by atoms with Crippen molar-refractivity contribution in [1.29, 1.82) is 0 Å². The lowest BCUT2D eigenvalue weighted by molar-refractivity contribution is -0.137. The van der Waals surface area contributed by atoms with Gasteiger partial charge in [0.05, 0.1) is 24.9 Å². The Hall–Kier alpha value is -2.28. The Morgan fingerprint density at radius 3 is 2.73 bits per heavy atom. The molecule has 182 valence electrons. The standard InChI is InChI=1S/C27H38O6/c1-19(2)33-15-14-20-8-7-9-21(16-20)17-22(28)12-13-24-23(25(29)18-26(24)30)10-5-3-4-6-11-27(31)32/h3,5,7-9,12-13,16,19,22-24,26,28,30H,4,6,10-11,14-15,17-18H2,1-2H3,(H,31,32)/t22?,23-,24-,26-/m1/s1. The van der Waals surface area contributed by atoms with Crippen LogP contribution < -0.4 is 0 Å². The molecule has 0 aliphatic heterocycles. The summed E-state index contributed by atoms with van der Waals surface area (Å²) in [5.41, 5.74) is 2.19. The van der Waals surface area contributed by atoms with Crippen LogP contribution in [-0.4, -0.2) is 52.0 Å². The zero-order valence-corrected chi connectivity index (χ0v) is 19.7. The first-order valence-corrected chi connectivity index (χ1v) is 11.9. The van der Waals surface area contributed by atoms with Crippen molar-refractivity contribution in [2.75, 3.05) is 6.61 Å². The van der Waals surface area contributed by atoms with Gasteiger partial charge in [-0.1, -0.05) is 48.6 Å². The number of carbonyl (C=O) groups excluding carboxylic acids is 1. The van der Waals surface area contributed by atoms with Crippen LogP contribution in [0.3, 0.4) is 0 Å². The molecule has 0 amide bonds. The number of allylic oxidation sites excluding steroid dienone is 2. The SMILES string of the molecule is CC(C)OCCc1cccc(CC(O)C=C[C@H]2[C@H](O)CC(=O)[C@@H]2CC=CCCCC(=O)O)c1. The predicted octanol–water partition coefficient (Wildman–Crippen LogP) is 3.88. The van der Waals surface area contributed by atoms with Gasteiger partial charge in [-0.25, -0.2) is 0 Å². The van der Waals surface area contributed by atoms with E-state index >= 15 is 0 Å². The number of carbonyl (C=O) groups is 2. The molecular formula is C27H38O6. The van der Waals surface area contributed by atoms with Crippen LogP contribution in [0.1, 0.15) is 57.1 Å². The van der Waals surface area contributed by atoms with Crippen molar-refractivity contribution in [1.82, 2.24) is 0 Å². The number of rotatable bonds is 14. The van der Waals surface area contributed by atoms with Crippen LogP contribution in [0.2, 0.25) is 0 Å². The van der Waals surface area contributed by atoms with Crippen LogP contribution >= 0.6 is 0 Å². The molecule has 0 saturated heterocycles. The van der Waals surface area contributed by atoms with E-state index in [4.69, 9.17) is 9.84 Å². The molecule has 0 aromatic heterocycles. The first-order chi connectivity index (χ1) is 15.8. The Morgan fingerprint density at radius 1 is 1.24 bits per heavy atom. The Kier molecular flexibility index (Phi) is 11.5. The summed E-state index contributed by atoms with van der Waals surface area (Å²) in [7, 11) is 0. The number of unbranched alkanes of at least 4 members (excludes halogenated alkanes) is 1. The number of aliphatic carboxylic acids is 1. The van der Waals surface area contributed by atoms with Gasteiger partial charge in [0, 0.05) is 31.1 Å². The van der Waals surface area contributed by atoms with E-state index in [2.05, 4.69) is 12.1 Å². The number of ether oxygens (including phenoxy) is 1. The van der Waals surface area contributed by atoms with E-state index in [0.717, 1.165) is 17.5 Å². The van der Waals surface area contributed by atoms with Gasteiger partial charge in [0.15, 0.2) is 0 Å². The first kappa shape index (κ1) is 27.0. The van der Waals surface area contributed by atoms with Gasteiger partial charge in [0.2, 0.25) is 0 Å². The van der Waals surface area contributed by atoms with Crippen molar-refractivity contribution in [3.8, 4) is 0 Å². The predicted molar refractivity (Wildman–Crippen MR) is 128 cm³/mol. The second kappa shape index (κ2) is 14.1. The van der Waals surface area contributed by atoms with E-state index in [0.29, 0.717) is 32.3 Å². The van der Waals surface area contributed by atoms with Crippen LogP contribution in [-0.2, 0) is 27.2 Å². The van der Waals surface area contributed by atoms with Crippen molar-refractivity contribution >= 4 is 11.8 Å². The fraction of sp³-hybridized carbons (Fsp3) is 0.556. The molecule has 3 N–H and O–H groups in total. The third-order valence-electron chi connectivity index (χ3n) is 5.88. The molecule has 1 aliphatic carbocycles. The molecule has 1 saturated carbocycles. The lowest BCUT2D eigenvalue weighted by Gasteiger charge is -2.17. The molecule has 0 bridgehead atoms. The molecule has 1 aromatic carbocycles. The molecule has 1 unspecified atom stereocenters. The summed E-state index contributed by atoms with van der Waals surface area (Å²) in [4.78, 5) is 22.9. The van der Waals surface area contributed by atoms with Gasteiger partial charge in [-0.2, -0.15) is 0 Å². The molecule has 0 heterocycles. The fourth-order valence-electron chi connectivity index (χ4n) is 4.15. The van der Waals surface area contributed by atoms with Gasteiger partial charge in [-0.05, 0) is 50.7 Å². The second-order valence-corrected chi connectivity index (χ2v) is 9.06. The molecule has 4 atom stereocenters. The van der Waals surface area contributed by atoms with E-state index in [1.165, 1.54) is 0 Å². The average molecular weight is 459 g/mol. The number of aliphatic hydroxyl groups is 2. The Bertz CT molecular complexity index is 813. The Morgan fingerprint density at radius 2 is 2.00 bits per heavy atom. The van der Waals surface area contributed by atoms with E-state index in [9.17, 15) is 19.8 Å². The van der Waals surface area contributed by atoms with Crippen molar-refractivity contribution < 1.29 is 29.6 Å². The maximum Gasteiger partial charge on any atom is 0.303 e. The topological polar surface area (TPSA) is 104 Å². The summed E-state index contributed by atoms with van der Waals surface area (Å²) in [6.45, 7) is 4.68. The number of hydrogen-bond donors (Lipinski definition) is 3. The van der Waals surface area contributed by atoms with E-state index in [1.807, 2.05) is 38.1 Å². The summed E-state index contributed by atoms with van der Waals surface area (Å²) >= 11 is 0. The molecule has 1 fully saturated rings. The normalized spacial score (nSPS) is 22.1. The Labute approximate surface area is 197 Å². The fourth-order valence-corrected chi connectivity index (χ4v) is 4.15. The highest BCUT2D eigenvalue weighted by molar-refractivity contribution is 5.84. The zero-order valence-electron chi connectivity index (χ0n) is 19.7. The quantitative estimate of drug-likeness (QED) is 0.289. The molecule has 6 heteroatoms. The van der Waals surface area contributed by atoms with Crippen molar-refractivity contribution in [3.63, 3.8) is 0 Å². The summed E-state index contributed by atoms with van der Waals surface area (Å²) in [6.07, 6.45) is 9.28. The zero-order chi connectivity index (χ0) is 24.2. The summed E-state index contributed by atoms with van der Waals surface area (Å²) in [5, 5.41) is 29.5. The maximum absolute atomic E-state index is 12.3. The highest BCUT2D eigenvalue weighted by Crippen LogP contribution is 2.33. The number of benzene rings is 1. The van der Waals surface area contributed by atoms with Crippen LogP contribution in [0.25, 0.3) is 0 Å². The largest absolute Gasteiger partial charge is 0.481 e. The highest BCUT2D eigenvalue weighted by atomic mass is 16.5. The van der Waals surface area contributed by atoms with E-state index in [-0.39, 0.29) is 36.6 Å². The summed E-state index contributed by atoms with van der Waals surface area (Å²) in [5.74, 6) is -1.43. The molecular weight excluding hydrogens is 420 g/mol. The molecule has 6 nitrogen and oxygen atoms in total. The molecule has 0 radical (unpaired) electrons. The third kappa shape index (κ3) is 10.0. The summed E-state index contributed by atoms with van der Waals surface area (Å²) < 4.78 is 5.61. The molecule has 33 heavy (non-hydrogen) atoms. The summed E-state index contributed by atoms with van der Waals surface area (Å²) in [6, 6.07) is 8.09. The van der Waals surface area contributed by atoms with Gasteiger partial charge in [-0.3, -0.25) is 9.59 Å².